The van der Waals surface area contributed by atoms with Gasteiger partial charge in [-0.15, -0.1) is 0 Å². The van der Waals surface area contributed by atoms with Crippen molar-refractivity contribution in [1.82, 2.24) is 10.2 Å². The molecule has 1 fully saturated rings. The summed E-state index contributed by atoms with van der Waals surface area (Å²) in [5.41, 5.74) is 4.51. The molecule has 0 bridgehead atoms. The Morgan fingerprint density at radius 3 is 2.21 bits per heavy atom. The molecule has 3 N–H and O–H groups in total. The number of likely N-dealkylation sites (tertiary alicyclic amines) is 1. The second-order valence-corrected chi connectivity index (χ2v) is 9.22. The maximum Gasteiger partial charge on any atom is 0.407 e. The SMILES string of the molecule is CC(NC(=O)OCC1c2ccccc2-c2ccccc21)C(C)C(=O)N1CC(O)CC(C(=O)O)C1. The number of nitrogens with one attached hydrogen (secondary N) is 1. The number of ether oxygens (including phenoxy) is 1. The van der Waals surface area contributed by atoms with Gasteiger partial charge < -0.3 is 25.2 Å². The first-order valence-corrected chi connectivity index (χ1v) is 11.6. The largest absolute Gasteiger partial charge is 0.481 e. The molecule has 1 saturated heterocycles. The van der Waals surface area contributed by atoms with Gasteiger partial charge in [0.1, 0.15) is 6.61 Å². The van der Waals surface area contributed by atoms with Gasteiger partial charge in [0, 0.05) is 25.0 Å². The summed E-state index contributed by atoms with van der Waals surface area (Å²) in [7, 11) is 0. The molecule has 4 unspecified atom stereocenters. The van der Waals surface area contributed by atoms with Crippen molar-refractivity contribution in [2.24, 2.45) is 11.8 Å². The van der Waals surface area contributed by atoms with E-state index >= 15 is 0 Å². The van der Waals surface area contributed by atoms with Gasteiger partial charge in [-0.3, -0.25) is 9.59 Å². The van der Waals surface area contributed by atoms with E-state index in [1.165, 1.54) is 4.90 Å². The van der Waals surface area contributed by atoms with Crippen LogP contribution >= 0.6 is 0 Å². The number of nitrogens with zero attached hydrogens (tertiary/aromatic N) is 1. The van der Waals surface area contributed by atoms with Crippen molar-refractivity contribution in [1.29, 1.82) is 0 Å². The second kappa shape index (κ2) is 9.85. The van der Waals surface area contributed by atoms with E-state index in [1.807, 2.05) is 36.4 Å². The number of aliphatic carboxylic acids is 1. The van der Waals surface area contributed by atoms with E-state index in [4.69, 9.17) is 4.74 Å². The highest BCUT2D eigenvalue weighted by molar-refractivity contribution is 5.82. The topological polar surface area (TPSA) is 116 Å². The highest BCUT2D eigenvalue weighted by atomic mass is 16.5. The Morgan fingerprint density at radius 1 is 1.03 bits per heavy atom. The molecule has 0 saturated carbocycles. The fraction of sp³-hybridized carbons (Fsp3) is 0.423. The van der Waals surface area contributed by atoms with E-state index in [0.29, 0.717) is 0 Å². The molecule has 8 heteroatoms. The summed E-state index contributed by atoms with van der Waals surface area (Å²) in [5.74, 6) is -2.81. The van der Waals surface area contributed by atoms with Crippen LogP contribution in [0.2, 0.25) is 0 Å². The zero-order chi connectivity index (χ0) is 24.4. The van der Waals surface area contributed by atoms with E-state index in [-0.39, 0.29) is 37.9 Å². The van der Waals surface area contributed by atoms with Crippen LogP contribution in [0, 0.1) is 11.8 Å². The molecule has 4 atom stereocenters. The van der Waals surface area contributed by atoms with Crippen LogP contribution in [0.1, 0.15) is 37.3 Å². The third-order valence-corrected chi connectivity index (χ3v) is 6.92. The Balaban J connectivity index is 1.34. The number of alkyl carbamates (subject to hydrolysis) is 1. The van der Waals surface area contributed by atoms with Gasteiger partial charge in [-0.1, -0.05) is 55.5 Å². The van der Waals surface area contributed by atoms with E-state index < -0.39 is 36.0 Å². The summed E-state index contributed by atoms with van der Waals surface area (Å²) in [5, 5.41) is 22.0. The first kappa shape index (κ1) is 23.8. The summed E-state index contributed by atoms with van der Waals surface area (Å²) in [6.45, 7) is 3.69. The standard InChI is InChI=1S/C26H30N2O6/c1-15(24(30)28-12-17(25(31)32)11-18(29)13-28)16(2)27-26(33)34-14-23-21-9-5-3-7-19(21)20-8-4-6-10-22(20)23/h3-10,15-18,23,29H,11-14H2,1-2H3,(H,27,33)(H,31,32). The number of carboxylic acid groups (broad SMARTS) is 1. The number of carbonyl (C=O) groups excluding carboxylic acids is 2. The summed E-state index contributed by atoms with van der Waals surface area (Å²) >= 11 is 0. The van der Waals surface area contributed by atoms with E-state index in [1.54, 1.807) is 13.8 Å². The zero-order valence-electron chi connectivity index (χ0n) is 19.3. The first-order chi connectivity index (χ1) is 16.3. The van der Waals surface area contributed by atoms with Gasteiger partial charge in [0.05, 0.1) is 17.9 Å². The minimum Gasteiger partial charge on any atom is -0.481 e. The van der Waals surface area contributed by atoms with E-state index in [9.17, 15) is 24.6 Å². The minimum atomic E-state index is -1.03. The van der Waals surface area contributed by atoms with Crippen LogP contribution in [0.5, 0.6) is 0 Å². The molecule has 34 heavy (non-hydrogen) atoms. The number of piperidine rings is 1. The number of aliphatic hydroxyl groups is 1. The Bertz CT molecular complexity index is 1040. The number of amides is 2. The van der Waals surface area contributed by atoms with Crippen LogP contribution in [-0.2, 0) is 14.3 Å². The Kier molecular flexibility index (Phi) is 6.88. The van der Waals surface area contributed by atoms with E-state index in [0.717, 1.165) is 22.3 Å². The fourth-order valence-electron chi connectivity index (χ4n) is 4.88. The number of aliphatic hydroxyl groups excluding tert-OH is 1. The van der Waals surface area contributed by atoms with Gasteiger partial charge in [0.25, 0.3) is 0 Å². The second-order valence-electron chi connectivity index (χ2n) is 9.22. The number of carboxylic acids is 1. The number of fused-ring (bicyclic) bond motifs is 3. The molecule has 2 aromatic carbocycles. The molecule has 2 amide bonds. The Hall–Kier alpha value is -3.39. The van der Waals surface area contributed by atoms with Crippen molar-refractivity contribution >= 4 is 18.0 Å². The summed E-state index contributed by atoms with van der Waals surface area (Å²) < 4.78 is 5.56. The van der Waals surface area contributed by atoms with Gasteiger partial charge in [-0.05, 0) is 35.6 Å². The smallest absolute Gasteiger partial charge is 0.407 e. The molecular formula is C26H30N2O6. The lowest BCUT2D eigenvalue weighted by Gasteiger charge is -2.36. The number of rotatable bonds is 6. The van der Waals surface area contributed by atoms with Crippen LogP contribution in [0.4, 0.5) is 4.79 Å². The lowest BCUT2D eigenvalue weighted by Crippen LogP contribution is -2.52. The van der Waals surface area contributed by atoms with Gasteiger partial charge in [-0.2, -0.15) is 0 Å². The normalized spacial score (nSPS) is 21.2. The summed E-state index contributed by atoms with van der Waals surface area (Å²) in [6.07, 6.45) is -1.37. The summed E-state index contributed by atoms with van der Waals surface area (Å²) in [6, 6.07) is 15.6. The molecule has 8 nitrogen and oxygen atoms in total. The van der Waals surface area contributed by atoms with Crippen LogP contribution in [0.25, 0.3) is 11.1 Å². The van der Waals surface area contributed by atoms with Crippen LogP contribution < -0.4 is 5.32 Å². The molecule has 0 aromatic heterocycles. The molecule has 4 rings (SSSR count). The Morgan fingerprint density at radius 2 is 1.62 bits per heavy atom. The average Bonchev–Trinajstić information content (AvgIpc) is 3.15. The molecular weight excluding hydrogens is 436 g/mol. The van der Waals surface area contributed by atoms with Crippen molar-refractivity contribution in [3.63, 3.8) is 0 Å². The molecule has 1 aliphatic carbocycles. The average molecular weight is 467 g/mol. The van der Waals surface area contributed by atoms with Crippen LogP contribution in [0.15, 0.2) is 48.5 Å². The third-order valence-electron chi connectivity index (χ3n) is 6.92. The number of hydrogen-bond acceptors (Lipinski definition) is 5. The fourth-order valence-corrected chi connectivity index (χ4v) is 4.88. The van der Waals surface area contributed by atoms with Crippen LogP contribution in [0.3, 0.4) is 0 Å². The molecule has 180 valence electrons. The van der Waals surface area contributed by atoms with Crippen LogP contribution in [-0.4, -0.2) is 64.9 Å². The van der Waals surface area contributed by atoms with Crippen molar-refractivity contribution in [3.8, 4) is 11.1 Å². The Labute approximate surface area is 198 Å². The highest BCUT2D eigenvalue weighted by Gasteiger charge is 2.36. The van der Waals surface area contributed by atoms with Crippen molar-refractivity contribution in [3.05, 3.63) is 59.7 Å². The van der Waals surface area contributed by atoms with Gasteiger partial charge in [0.15, 0.2) is 0 Å². The lowest BCUT2D eigenvalue weighted by molar-refractivity contribution is -0.150. The van der Waals surface area contributed by atoms with Crippen molar-refractivity contribution < 1.29 is 29.3 Å². The quantitative estimate of drug-likeness (QED) is 0.603. The van der Waals surface area contributed by atoms with Gasteiger partial charge in [0.2, 0.25) is 5.91 Å². The van der Waals surface area contributed by atoms with Crippen molar-refractivity contribution in [2.75, 3.05) is 19.7 Å². The maximum atomic E-state index is 12.9. The monoisotopic (exact) mass is 466 g/mol. The molecule has 2 aliphatic rings. The predicted molar refractivity (Wildman–Crippen MR) is 125 cm³/mol. The predicted octanol–water partition coefficient (Wildman–Crippen LogP) is 2.84. The molecule has 1 heterocycles. The zero-order valence-corrected chi connectivity index (χ0v) is 19.3. The number of hydrogen-bond donors (Lipinski definition) is 3. The number of benzene rings is 2. The van der Waals surface area contributed by atoms with Crippen molar-refractivity contribution in [2.45, 2.75) is 38.3 Å². The van der Waals surface area contributed by atoms with Gasteiger partial charge in [-0.25, -0.2) is 4.79 Å². The summed E-state index contributed by atoms with van der Waals surface area (Å²) in [4.78, 5) is 38.2. The van der Waals surface area contributed by atoms with Gasteiger partial charge >= 0.3 is 12.1 Å². The lowest BCUT2D eigenvalue weighted by atomic mass is 9.93. The molecule has 0 radical (unpaired) electrons. The van der Waals surface area contributed by atoms with E-state index in [2.05, 4.69) is 17.4 Å². The maximum absolute atomic E-state index is 12.9. The molecule has 2 aromatic rings. The molecule has 1 aliphatic heterocycles. The third kappa shape index (κ3) is 4.77. The number of carbonyl (C=O) groups is 3. The first-order valence-electron chi connectivity index (χ1n) is 11.6. The number of β-amino-alcohol motifs (C(OH)–C–C–N with tert-alkyl or cyclic N) is 1. The molecule has 0 spiro atoms. The minimum absolute atomic E-state index is 0.0488. The highest BCUT2D eigenvalue weighted by Crippen LogP contribution is 2.44.